The lowest BCUT2D eigenvalue weighted by Gasteiger charge is -2.34. The van der Waals surface area contributed by atoms with Crippen LogP contribution in [0.25, 0.3) is 0 Å². The minimum absolute atomic E-state index is 0.0934. The molecule has 2 aromatic carbocycles. The standard InChI is InChI=1S/C20H25N3O4S/c1-16(2)18-5-3-17(4-6-18)15-21-11-13-22(14-12-21)28(26,27)20-9-7-19(8-10-20)23(24)25/h3-10,16H,11-15H2,1-2H3. The van der Waals surface area contributed by atoms with Gasteiger partial charge in [-0.3, -0.25) is 15.0 Å². The van der Waals surface area contributed by atoms with Crippen molar-refractivity contribution in [2.75, 3.05) is 26.2 Å². The first-order valence-electron chi connectivity index (χ1n) is 9.33. The molecule has 2 aromatic rings. The zero-order chi connectivity index (χ0) is 20.3. The topological polar surface area (TPSA) is 83.8 Å². The Morgan fingerprint density at radius 3 is 2.04 bits per heavy atom. The molecule has 1 heterocycles. The minimum atomic E-state index is -3.63. The van der Waals surface area contributed by atoms with Crippen molar-refractivity contribution in [3.8, 4) is 0 Å². The first-order chi connectivity index (χ1) is 13.3. The van der Waals surface area contributed by atoms with Gasteiger partial charge in [-0.05, 0) is 29.2 Å². The fourth-order valence-electron chi connectivity index (χ4n) is 3.28. The van der Waals surface area contributed by atoms with E-state index in [-0.39, 0.29) is 10.6 Å². The SMILES string of the molecule is CC(C)c1ccc(CN2CCN(S(=O)(=O)c3ccc([N+](=O)[O-])cc3)CC2)cc1. The number of hydrogen-bond donors (Lipinski definition) is 0. The molecule has 8 heteroatoms. The molecule has 3 rings (SSSR count). The summed E-state index contributed by atoms with van der Waals surface area (Å²) in [6.45, 7) is 7.24. The summed E-state index contributed by atoms with van der Waals surface area (Å²) in [5.74, 6) is 0.502. The molecule has 0 spiro atoms. The Balaban J connectivity index is 1.60. The second kappa shape index (κ2) is 8.38. The van der Waals surface area contributed by atoms with E-state index in [1.807, 2.05) is 0 Å². The Labute approximate surface area is 165 Å². The van der Waals surface area contributed by atoms with Crippen LogP contribution >= 0.6 is 0 Å². The van der Waals surface area contributed by atoms with Gasteiger partial charge < -0.3 is 0 Å². The van der Waals surface area contributed by atoms with Crippen molar-refractivity contribution in [3.05, 3.63) is 69.8 Å². The van der Waals surface area contributed by atoms with E-state index in [1.165, 1.54) is 39.7 Å². The van der Waals surface area contributed by atoms with Gasteiger partial charge in [-0.25, -0.2) is 8.42 Å². The highest BCUT2D eigenvalue weighted by atomic mass is 32.2. The molecule has 0 N–H and O–H groups in total. The normalized spacial score (nSPS) is 16.4. The van der Waals surface area contributed by atoms with Crippen LogP contribution in [0.2, 0.25) is 0 Å². The molecule has 28 heavy (non-hydrogen) atoms. The number of sulfonamides is 1. The van der Waals surface area contributed by atoms with E-state index in [2.05, 4.69) is 43.0 Å². The average Bonchev–Trinajstić information content (AvgIpc) is 2.69. The van der Waals surface area contributed by atoms with E-state index >= 15 is 0 Å². The third-order valence-corrected chi connectivity index (χ3v) is 6.98. The Morgan fingerprint density at radius 1 is 0.964 bits per heavy atom. The molecule has 1 aliphatic heterocycles. The Morgan fingerprint density at radius 2 is 1.54 bits per heavy atom. The third-order valence-electron chi connectivity index (χ3n) is 5.07. The van der Waals surface area contributed by atoms with Crippen molar-refractivity contribution in [2.24, 2.45) is 0 Å². The van der Waals surface area contributed by atoms with E-state index in [1.54, 1.807) is 0 Å². The molecule has 0 radical (unpaired) electrons. The second-order valence-electron chi connectivity index (χ2n) is 7.33. The highest BCUT2D eigenvalue weighted by Gasteiger charge is 2.28. The van der Waals surface area contributed by atoms with Gasteiger partial charge in [0.25, 0.3) is 5.69 Å². The molecule has 1 fully saturated rings. The second-order valence-corrected chi connectivity index (χ2v) is 9.27. The Bertz CT molecular complexity index is 917. The number of nitro groups is 1. The van der Waals surface area contributed by atoms with E-state index in [0.29, 0.717) is 32.1 Å². The van der Waals surface area contributed by atoms with Crippen LogP contribution in [0.5, 0.6) is 0 Å². The van der Waals surface area contributed by atoms with Crippen molar-refractivity contribution >= 4 is 15.7 Å². The number of nitrogens with zero attached hydrogens (tertiary/aromatic N) is 3. The maximum Gasteiger partial charge on any atom is 0.269 e. The number of nitro benzene ring substituents is 1. The fraction of sp³-hybridized carbons (Fsp3) is 0.400. The van der Waals surface area contributed by atoms with Gasteiger partial charge in [0, 0.05) is 44.9 Å². The predicted octanol–water partition coefficient (Wildman–Crippen LogP) is 3.22. The van der Waals surface area contributed by atoms with E-state index in [4.69, 9.17) is 0 Å². The summed E-state index contributed by atoms with van der Waals surface area (Å²) >= 11 is 0. The highest BCUT2D eigenvalue weighted by Crippen LogP contribution is 2.21. The number of piperazine rings is 1. The number of rotatable bonds is 6. The summed E-state index contributed by atoms with van der Waals surface area (Å²) in [5, 5.41) is 10.7. The summed E-state index contributed by atoms with van der Waals surface area (Å²) in [4.78, 5) is 12.5. The summed E-state index contributed by atoms with van der Waals surface area (Å²) in [6.07, 6.45) is 0. The molecule has 0 aromatic heterocycles. The van der Waals surface area contributed by atoms with Crippen molar-refractivity contribution in [1.82, 2.24) is 9.21 Å². The largest absolute Gasteiger partial charge is 0.296 e. The minimum Gasteiger partial charge on any atom is -0.296 e. The molecule has 0 saturated carbocycles. The van der Waals surface area contributed by atoms with Crippen LogP contribution in [0.15, 0.2) is 53.4 Å². The molecular formula is C20H25N3O4S. The van der Waals surface area contributed by atoms with Crippen LogP contribution in [0.4, 0.5) is 5.69 Å². The fourth-order valence-corrected chi connectivity index (χ4v) is 4.71. The molecule has 0 unspecified atom stereocenters. The summed E-state index contributed by atoms with van der Waals surface area (Å²) in [7, 11) is -3.63. The molecule has 7 nitrogen and oxygen atoms in total. The summed E-state index contributed by atoms with van der Waals surface area (Å²) < 4.78 is 27.0. The lowest BCUT2D eigenvalue weighted by atomic mass is 10.0. The molecule has 0 bridgehead atoms. The van der Waals surface area contributed by atoms with Crippen LogP contribution in [0.1, 0.15) is 30.9 Å². The Hall–Kier alpha value is -2.29. The molecule has 150 valence electrons. The zero-order valence-electron chi connectivity index (χ0n) is 16.1. The van der Waals surface area contributed by atoms with Gasteiger partial charge in [0.05, 0.1) is 9.82 Å². The van der Waals surface area contributed by atoms with Crippen molar-refractivity contribution in [1.29, 1.82) is 0 Å². The lowest BCUT2D eigenvalue weighted by Crippen LogP contribution is -2.48. The van der Waals surface area contributed by atoms with E-state index in [0.717, 1.165) is 6.54 Å². The molecule has 0 amide bonds. The maximum atomic E-state index is 12.8. The Kier molecular flexibility index (Phi) is 6.12. The van der Waals surface area contributed by atoms with Crippen LogP contribution in [-0.2, 0) is 16.6 Å². The average molecular weight is 404 g/mol. The van der Waals surface area contributed by atoms with Crippen LogP contribution in [0, 0.1) is 10.1 Å². The number of hydrogen-bond acceptors (Lipinski definition) is 5. The molecule has 0 atom stereocenters. The van der Waals surface area contributed by atoms with E-state index in [9.17, 15) is 18.5 Å². The number of benzene rings is 2. The predicted molar refractivity (Wildman–Crippen MR) is 108 cm³/mol. The number of non-ortho nitro benzene ring substituents is 1. The van der Waals surface area contributed by atoms with Crippen molar-refractivity contribution in [2.45, 2.75) is 31.2 Å². The first kappa shape index (κ1) is 20.4. The molecular weight excluding hydrogens is 378 g/mol. The van der Waals surface area contributed by atoms with Gasteiger partial charge in [0.2, 0.25) is 10.0 Å². The van der Waals surface area contributed by atoms with Gasteiger partial charge in [0.1, 0.15) is 0 Å². The molecule has 0 aliphatic carbocycles. The van der Waals surface area contributed by atoms with E-state index < -0.39 is 14.9 Å². The monoisotopic (exact) mass is 403 g/mol. The smallest absolute Gasteiger partial charge is 0.269 e. The van der Waals surface area contributed by atoms with Crippen molar-refractivity contribution < 1.29 is 13.3 Å². The maximum absolute atomic E-state index is 12.8. The third kappa shape index (κ3) is 4.57. The lowest BCUT2D eigenvalue weighted by molar-refractivity contribution is -0.384. The molecule has 1 aliphatic rings. The summed E-state index contributed by atoms with van der Waals surface area (Å²) in [5.41, 5.74) is 2.41. The summed E-state index contributed by atoms with van der Waals surface area (Å²) in [6, 6.07) is 13.6. The van der Waals surface area contributed by atoms with Gasteiger partial charge in [0.15, 0.2) is 0 Å². The quantitative estimate of drug-likeness (QED) is 0.546. The van der Waals surface area contributed by atoms with Crippen LogP contribution < -0.4 is 0 Å². The van der Waals surface area contributed by atoms with Crippen molar-refractivity contribution in [3.63, 3.8) is 0 Å². The van der Waals surface area contributed by atoms with Crippen LogP contribution in [-0.4, -0.2) is 48.7 Å². The first-order valence-corrected chi connectivity index (χ1v) is 10.8. The highest BCUT2D eigenvalue weighted by molar-refractivity contribution is 7.89. The van der Waals surface area contributed by atoms with Gasteiger partial charge in [-0.1, -0.05) is 38.1 Å². The zero-order valence-corrected chi connectivity index (χ0v) is 16.9. The molecule has 1 saturated heterocycles. The van der Waals surface area contributed by atoms with Gasteiger partial charge >= 0.3 is 0 Å². The van der Waals surface area contributed by atoms with Gasteiger partial charge in [-0.2, -0.15) is 4.31 Å². The van der Waals surface area contributed by atoms with Gasteiger partial charge in [-0.15, -0.1) is 0 Å². The van der Waals surface area contributed by atoms with Crippen LogP contribution in [0.3, 0.4) is 0 Å².